The summed E-state index contributed by atoms with van der Waals surface area (Å²) in [4.78, 5) is 15.5. The number of hydrogen-bond donors (Lipinski definition) is 0. The predicted molar refractivity (Wildman–Crippen MR) is 66.5 cm³/mol. The first-order valence-corrected chi connectivity index (χ1v) is 6.31. The molecule has 1 aromatic carbocycles. The van der Waals surface area contributed by atoms with Crippen molar-refractivity contribution in [1.82, 2.24) is 9.80 Å². The predicted octanol–water partition coefficient (Wildman–Crippen LogP) is 1.49. The molecule has 17 heavy (non-hydrogen) atoms. The fourth-order valence-corrected chi connectivity index (χ4v) is 2.80. The molecule has 3 nitrogen and oxygen atoms in total. The summed E-state index contributed by atoms with van der Waals surface area (Å²) in [6.07, 6.45) is 3.39. The SMILES string of the molecule is O=CN1CCN(Cc2ccccc2)CC12CC2. The average molecular weight is 230 g/mol. The van der Waals surface area contributed by atoms with Crippen LogP contribution >= 0.6 is 0 Å². The summed E-state index contributed by atoms with van der Waals surface area (Å²) in [5.74, 6) is 0. The molecule has 1 saturated carbocycles. The molecule has 0 atom stereocenters. The zero-order chi connectivity index (χ0) is 11.7. The number of amides is 1. The van der Waals surface area contributed by atoms with Crippen LogP contribution in [0.4, 0.5) is 0 Å². The molecular weight excluding hydrogens is 212 g/mol. The highest BCUT2D eigenvalue weighted by molar-refractivity contribution is 5.51. The largest absolute Gasteiger partial charge is 0.337 e. The van der Waals surface area contributed by atoms with E-state index in [1.54, 1.807) is 0 Å². The van der Waals surface area contributed by atoms with Crippen molar-refractivity contribution < 1.29 is 4.79 Å². The molecule has 90 valence electrons. The van der Waals surface area contributed by atoms with Crippen LogP contribution in [-0.4, -0.2) is 41.4 Å². The molecule has 3 heteroatoms. The third-order valence-corrected chi connectivity index (χ3v) is 3.99. The molecule has 0 unspecified atom stereocenters. The van der Waals surface area contributed by atoms with Gasteiger partial charge in [0.25, 0.3) is 0 Å². The maximum Gasteiger partial charge on any atom is 0.210 e. The summed E-state index contributed by atoms with van der Waals surface area (Å²) < 4.78 is 0. The van der Waals surface area contributed by atoms with E-state index in [0.29, 0.717) is 0 Å². The molecule has 1 aliphatic carbocycles. The molecule has 1 amide bonds. The van der Waals surface area contributed by atoms with E-state index in [9.17, 15) is 4.79 Å². The van der Waals surface area contributed by atoms with E-state index in [1.807, 2.05) is 4.90 Å². The molecule has 1 aliphatic heterocycles. The topological polar surface area (TPSA) is 23.6 Å². The van der Waals surface area contributed by atoms with Crippen molar-refractivity contribution in [2.45, 2.75) is 24.9 Å². The Bertz CT molecular complexity index is 400. The Morgan fingerprint density at radius 1 is 1.18 bits per heavy atom. The number of nitrogens with zero attached hydrogens (tertiary/aromatic N) is 2. The van der Waals surface area contributed by atoms with Gasteiger partial charge in [0.2, 0.25) is 6.41 Å². The van der Waals surface area contributed by atoms with Gasteiger partial charge in [0.1, 0.15) is 0 Å². The van der Waals surface area contributed by atoms with Crippen LogP contribution in [0.2, 0.25) is 0 Å². The van der Waals surface area contributed by atoms with Crippen molar-refractivity contribution in [3.63, 3.8) is 0 Å². The average Bonchev–Trinajstić information content (AvgIpc) is 3.11. The summed E-state index contributed by atoms with van der Waals surface area (Å²) in [5.41, 5.74) is 1.55. The summed E-state index contributed by atoms with van der Waals surface area (Å²) in [5, 5.41) is 0. The van der Waals surface area contributed by atoms with E-state index >= 15 is 0 Å². The van der Waals surface area contributed by atoms with Crippen molar-refractivity contribution >= 4 is 6.41 Å². The molecule has 1 heterocycles. The second kappa shape index (κ2) is 4.15. The van der Waals surface area contributed by atoms with Crippen molar-refractivity contribution in [2.24, 2.45) is 0 Å². The molecule has 2 fully saturated rings. The van der Waals surface area contributed by atoms with E-state index in [4.69, 9.17) is 0 Å². The van der Waals surface area contributed by atoms with Crippen LogP contribution in [0.3, 0.4) is 0 Å². The lowest BCUT2D eigenvalue weighted by Gasteiger charge is -2.40. The van der Waals surface area contributed by atoms with Gasteiger partial charge >= 0.3 is 0 Å². The highest BCUT2D eigenvalue weighted by Gasteiger charge is 2.50. The maximum atomic E-state index is 11.0. The third kappa shape index (κ3) is 2.07. The second-order valence-corrected chi connectivity index (χ2v) is 5.22. The van der Waals surface area contributed by atoms with Gasteiger partial charge in [0.05, 0.1) is 5.54 Å². The molecule has 3 rings (SSSR count). The Kier molecular flexibility index (Phi) is 2.63. The van der Waals surface area contributed by atoms with E-state index in [2.05, 4.69) is 35.2 Å². The van der Waals surface area contributed by atoms with Crippen LogP contribution in [0.15, 0.2) is 30.3 Å². The normalized spacial score (nSPS) is 22.7. The van der Waals surface area contributed by atoms with Gasteiger partial charge in [-0.05, 0) is 18.4 Å². The maximum absolute atomic E-state index is 11.0. The number of rotatable bonds is 3. The molecule has 0 N–H and O–H groups in total. The zero-order valence-corrected chi connectivity index (χ0v) is 10.0. The van der Waals surface area contributed by atoms with Gasteiger partial charge < -0.3 is 4.90 Å². The van der Waals surface area contributed by atoms with Crippen molar-refractivity contribution in [2.75, 3.05) is 19.6 Å². The van der Waals surface area contributed by atoms with E-state index in [1.165, 1.54) is 18.4 Å². The van der Waals surface area contributed by atoms with E-state index < -0.39 is 0 Å². The van der Waals surface area contributed by atoms with Crippen LogP contribution in [0.25, 0.3) is 0 Å². The van der Waals surface area contributed by atoms with Crippen LogP contribution in [0, 0.1) is 0 Å². The Balaban J connectivity index is 1.65. The summed E-state index contributed by atoms with van der Waals surface area (Å²) in [7, 11) is 0. The molecule has 0 bridgehead atoms. The molecule has 1 saturated heterocycles. The first-order valence-electron chi connectivity index (χ1n) is 6.31. The standard InChI is InChI=1S/C14H18N2O/c17-12-16-9-8-15(11-14(16)6-7-14)10-13-4-2-1-3-5-13/h1-5,12H,6-11H2. The summed E-state index contributed by atoms with van der Waals surface area (Å²) >= 11 is 0. The summed E-state index contributed by atoms with van der Waals surface area (Å²) in [6, 6.07) is 10.6. The van der Waals surface area contributed by atoms with Gasteiger partial charge in [-0.15, -0.1) is 0 Å². The lowest BCUT2D eigenvalue weighted by molar-refractivity contribution is -0.123. The zero-order valence-electron chi connectivity index (χ0n) is 10.0. The molecule has 0 radical (unpaired) electrons. The van der Waals surface area contributed by atoms with Gasteiger partial charge in [0.15, 0.2) is 0 Å². The Hall–Kier alpha value is -1.35. The van der Waals surface area contributed by atoms with Crippen LogP contribution in [-0.2, 0) is 11.3 Å². The van der Waals surface area contributed by atoms with Crippen molar-refractivity contribution in [3.05, 3.63) is 35.9 Å². The first-order chi connectivity index (χ1) is 8.32. The van der Waals surface area contributed by atoms with E-state index in [-0.39, 0.29) is 5.54 Å². The van der Waals surface area contributed by atoms with Gasteiger partial charge in [-0.3, -0.25) is 9.69 Å². The molecule has 0 aromatic heterocycles. The van der Waals surface area contributed by atoms with Crippen molar-refractivity contribution in [1.29, 1.82) is 0 Å². The molecule has 1 spiro atoms. The number of carbonyl (C=O) groups is 1. The van der Waals surface area contributed by atoms with Crippen LogP contribution in [0.1, 0.15) is 18.4 Å². The second-order valence-electron chi connectivity index (χ2n) is 5.22. The van der Waals surface area contributed by atoms with Gasteiger partial charge in [-0.2, -0.15) is 0 Å². The molecule has 1 aromatic rings. The lowest BCUT2D eigenvalue weighted by Crippen LogP contribution is -2.53. The van der Waals surface area contributed by atoms with Crippen LogP contribution < -0.4 is 0 Å². The number of hydrogen-bond acceptors (Lipinski definition) is 2. The minimum Gasteiger partial charge on any atom is -0.337 e. The highest BCUT2D eigenvalue weighted by Crippen LogP contribution is 2.43. The fraction of sp³-hybridized carbons (Fsp3) is 0.500. The van der Waals surface area contributed by atoms with Gasteiger partial charge in [0, 0.05) is 26.2 Å². The molecule has 2 aliphatic rings. The fourth-order valence-electron chi connectivity index (χ4n) is 2.80. The molecular formula is C14H18N2O. The van der Waals surface area contributed by atoms with Gasteiger partial charge in [-0.25, -0.2) is 0 Å². The van der Waals surface area contributed by atoms with Crippen LogP contribution in [0.5, 0.6) is 0 Å². The number of benzene rings is 1. The Morgan fingerprint density at radius 2 is 1.94 bits per heavy atom. The minimum absolute atomic E-state index is 0.189. The van der Waals surface area contributed by atoms with Gasteiger partial charge in [-0.1, -0.05) is 30.3 Å². The highest BCUT2D eigenvalue weighted by atomic mass is 16.1. The van der Waals surface area contributed by atoms with E-state index in [0.717, 1.165) is 32.6 Å². The number of piperazine rings is 1. The smallest absolute Gasteiger partial charge is 0.210 e. The quantitative estimate of drug-likeness (QED) is 0.735. The third-order valence-electron chi connectivity index (χ3n) is 3.99. The lowest BCUT2D eigenvalue weighted by atomic mass is 10.1. The number of carbonyl (C=O) groups excluding carboxylic acids is 1. The van der Waals surface area contributed by atoms with Crippen molar-refractivity contribution in [3.8, 4) is 0 Å². The minimum atomic E-state index is 0.189. The Labute approximate surface area is 102 Å². The monoisotopic (exact) mass is 230 g/mol. The Morgan fingerprint density at radius 3 is 2.59 bits per heavy atom. The summed E-state index contributed by atoms with van der Waals surface area (Å²) in [6.45, 7) is 3.93. The first kappa shape index (κ1) is 10.8.